The fraction of sp³-hybridized carbons (Fsp3) is 0.625. The van der Waals surface area contributed by atoms with Crippen LogP contribution in [0.5, 0.6) is 0 Å². The highest BCUT2D eigenvalue weighted by molar-refractivity contribution is 5.68. The Morgan fingerprint density at radius 3 is 2.68 bits per heavy atom. The van der Waals surface area contributed by atoms with Crippen LogP contribution in [0.15, 0.2) is 19.0 Å². The predicted molar refractivity (Wildman–Crippen MR) is 88.3 cm³/mol. The van der Waals surface area contributed by atoms with Crippen LogP contribution < -0.4 is 10.6 Å². The molecule has 1 aromatic rings. The highest BCUT2D eigenvalue weighted by Crippen LogP contribution is 2.08. The van der Waals surface area contributed by atoms with Crippen LogP contribution in [-0.4, -0.2) is 34.1 Å². The van der Waals surface area contributed by atoms with Crippen molar-refractivity contribution in [2.75, 3.05) is 6.54 Å². The summed E-state index contributed by atoms with van der Waals surface area (Å²) in [4.78, 5) is 11.9. The van der Waals surface area contributed by atoms with E-state index in [1.807, 2.05) is 27.0 Å². The molecule has 1 atom stereocenters. The number of aromatic nitrogens is 2. The van der Waals surface area contributed by atoms with E-state index in [1.165, 1.54) is 0 Å². The number of nitrogens with one attached hydrogen (secondary N) is 2. The van der Waals surface area contributed by atoms with Gasteiger partial charge in [-0.2, -0.15) is 5.10 Å². The maximum absolute atomic E-state index is 11.9. The van der Waals surface area contributed by atoms with E-state index in [1.54, 1.807) is 17.1 Å². The second-order valence-electron chi connectivity index (χ2n) is 6.64. The number of hydrogen-bond acceptors (Lipinski definition) is 4. The Morgan fingerprint density at radius 1 is 1.50 bits per heavy atom. The van der Waals surface area contributed by atoms with Crippen LogP contribution in [0, 0.1) is 5.92 Å². The standard InChI is InChI=1S/C16H28N4O2/c1-7-20-11-13(9-18-20)8-17-10-14(12(2)3)19-15(21)22-16(4,5)6/h7,9,11-12,14,17H,1,8,10H2,2-6H3,(H,19,21). The minimum absolute atomic E-state index is 0.00398. The van der Waals surface area contributed by atoms with E-state index < -0.39 is 5.60 Å². The van der Waals surface area contributed by atoms with Crippen molar-refractivity contribution in [2.24, 2.45) is 5.92 Å². The van der Waals surface area contributed by atoms with Crippen LogP contribution in [0.2, 0.25) is 0 Å². The number of carbonyl (C=O) groups is 1. The molecule has 0 aliphatic carbocycles. The minimum atomic E-state index is -0.488. The molecule has 0 aliphatic heterocycles. The average Bonchev–Trinajstić information content (AvgIpc) is 2.83. The Bertz CT molecular complexity index is 489. The smallest absolute Gasteiger partial charge is 0.407 e. The molecule has 2 N–H and O–H groups in total. The van der Waals surface area contributed by atoms with Gasteiger partial charge in [-0.15, -0.1) is 0 Å². The van der Waals surface area contributed by atoms with Crippen molar-refractivity contribution in [3.8, 4) is 0 Å². The Kier molecular flexibility index (Phi) is 6.61. The fourth-order valence-electron chi connectivity index (χ4n) is 1.85. The van der Waals surface area contributed by atoms with Crippen LogP contribution in [-0.2, 0) is 11.3 Å². The number of carbonyl (C=O) groups excluding carboxylic acids is 1. The van der Waals surface area contributed by atoms with Crippen LogP contribution in [0.4, 0.5) is 4.79 Å². The van der Waals surface area contributed by atoms with E-state index in [4.69, 9.17) is 4.74 Å². The van der Waals surface area contributed by atoms with Gasteiger partial charge in [0, 0.05) is 37.1 Å². The third kappa shape index (κ3) is 6.76. The zero-order valence-corrected chi connectivity index (χ0v) is 14.2. The molecule has 0 saturated carbocycles. The molecule has 1 aromatic heterocycles. The first kappa shape index (κ1) is 18.2. The van der Waals surface area contributed by atoms with Crippen molar-refractivity contribution in [1.29, 1.82) is 0 Å². The van der Waals surface area contributed by atoms with Crippen LogP contribution >= 0.6 is 0 Å². The Hall–Kier alpha value is -1.82. The van der Waals surface area contributed by atoms with Gasteiger partial charge in [0.15, 0.2) is 0 Å². The monoisotopic (exact) mass is 308 g/mol. The molecule has 0 spiro atoms. The largest absolute Gasteiger partial charge is 0.444 e. The number of hydrogen-bond donors (Lipinski definition) is 2. The van der Waals surface area contributed by atoms with Crippen LogP contribution in [0.3, 0.4) is 0 Å². The van der Waals surface area contributed by atoms with E-state index >= 15 is 0 Å². The summed E-state index contributed by atoms with van der Waals surface area (Å²) in [5.41, 5.74) is 0.581. The van der Waals surface area contributed by atoms with Gasteiger partial charge in [-0.05, 0) is 26.7 Å². The quantitative estimate of drug-likeness (QED) is 0.812. The molecule has 6 nitrogen and oxygen atoms in total. The summed E-state index contributed by atoms with van der Waals surface area (Å²) in [5.74, 6) is 0.302. The van der Waals surface area contributed by atoms with Gasteiger partial charge in [0.1, 0.15) is 5.60 Å². The molecule has 1 rings (SSSR count). The highest BCUT2D eigenvalue weighted by atomic mass is 16.6. The van der Waals surface area contributed by atoms with E-state index in [0.29, 0.717) is 19.0 Å². The first-order chi connectivity index (χ1) is 10.2. The van der Waals surface area contributed by atoms with Crippen molar-refractivity contribution >= 4 is 12.3 Å². The van der Waals surface area contributed by atoms with E-state index in [2.05, 4.69) is 36.2 Å². The lowest BCUT2D eigenvalue weighted by atomic mass is 10.0. The summed E-state index contributed by atoms with van der Waals surface area (Å²) in [6.07, 6.45) is 4.96. The number of rotatable bonds is 7. The molecule has 0 bridgehead atoms. The Morgan fingerprint density at radius 2 is 2.18 bits per heavy atom. The molecule has 0 aromatic carbocycles. The lowest BCUT2D eigenvalue weighted by molar-refractivity contribution is 0.0490. The zero-order chi connectivity index (χ0) is 16.8. The molecule has 1 unspecified atom stereocenters. The van der Waals surface area contributed by atoms with E-state index in [0.717, 1.165) is 5.56 Å². The van der Waals surface area contributed by atoms with Crippen molar-refractivity contribution in [1.82, 2.24) is 20.4 Å². The van der Waals surface area contributed by atoms with Gasteiger partial charge in [0.25, 0.3) is 0 Å². The van der Waals surface area contributed by atoms with Gasteiger partial charge in [-0.3, -0.25) is 0 Å². The van der Waals surface area contributed by atoms with Crippen molar-refractivity contribution < 1.29 is 9.53 Å². The number of amides is 1. The summed E-state index contributed by atoms with van der Waals surface area (Å²) in [6, 6.07) is 0.00398. The number of alkyl carbamates (subject to hydrolysis) is 1. The molecule has 0 fully saturated rings. The van der Waals surface area contributed by atoms with E-state index in [-0.39, 0.29) is 12.1 Å². The third-order valence-electron chi connectivity index (χ3n) is 3.04. The number of ether oxygens (including phenoxy) is 1. The Labute approximate surface area is 132 Å². The fourth-order valence-corrected chi connectivity index (χ4v) is 1.85. The lowest BCUT2D eigenvalue weighted by Crippen LogP contribution is -2.46. The topological polar surface area (TPSA) is 68.2 Å². The molecular weight excluding hydrogens is 280 g/mol. The van der Waals surface area contributed by atoms with Gasteiger partial charge >= 0.3 is 6.09 Å². The maximum atomic E-state index is 11.9. The first-order valence-corrected chi connectivity index (χ1v) is 7.57. The Balaban J connectivity index is 2.44. The molecule has 1 heterocycles. The summed E-state index contributed by atoms with van der Waals surface area (Å²) in [6.45, 7) is 14.7. The predicted octanol–water partition coefficient (Wildman–Crippen LogP) is 2.62. The number of nitrogens with zero attached hydrogens (tertiary/aromatic N) is 2. The SMILES string of the molecule is C=Cn1cc(CNCC(NC(=O)OC(C)(C)C)C(C)C)cn1. The van der Waals surface area contributed by atoms with Gasteiger partial charge in [0.2, 0.25) is 0 Å². The second kappa shape index (κ2) is 7.98. The van der Waals surface area contributed by atoms with Crippen molar-refractivity contribution in [2.45, 2.75) is 52.8 Å². The molecule has 22 heavy (non-hydrogen) atoms. The molecule has 0 radical (unpaired) electrons. The molecule has 0 saturated heterocycles. The normalized spacial score (nSPS) is 13.0. The lowest BCUT2D eigenvalue weighted by Gasteiger charge is -2.26. The molecule has 1 amide bonds. The van der Waals surface area contributed by atoms with Crippen molar-refractivity contribution in [3.05, 3.63) is 24.5 Å². The third-order valence-corrected chi connectivity index (χ3v) is 3.04. The van der Waals surface area contributed by atoms with Crippen molar-refractivity contribution in [3.63, 3.8) is 0 Å². The molecule has 0 aliphatic rings. The summed E-state index contributed by atoms with van der Waals surface area (Å²) in [5, 5.41) is 10.4. The van der Waals surface area contributed by atoms with Gasteiger partial charge in [-0.25, -0.2) is 9.48 Å². The second-order valence-corrected chi connectivity index (χ2v) is 6.64. The summed E-state index contributed by atoms with van der Waals surface area (Å²) < 4.78 is 6.96. The molecular formula is C16H28N4O2. The van der Waals surface area contributed by atoms with E-state index in [9.17, 15) is 4.79 Å². The zero-order valence-electron chi connectivity index (χ0n) is 14.2. The maximum Gasteiger partial charge on any atom is 0.407 e. The molecule has 124 valence electrons. The average molecular weight is 308 g/mol. The first-order valence-electron chi connectivity index (χ1n) is 7.57. The minimum Gasteiger partial charge on any atom is -0.444 e. The van der Waals surface area contributed by atoms with Gasteiger partial charge in [0.05, 0.1) is 6.20 Å². The summed E-state index contributed by atoms with van der Waals surface area (Å²) in [7, 11) is 0. The van der Waals surface area contributed by atoms with Crippen LogP contribution in [0.1, 0.15) is 40.2 Å². The van der Waals surface area contributed by atoms with Crippen LogP contribution in [0.25, 0.3) is 6.20 Å². The summed E-state index contributed by atoms with van der Waals surface area (Å²) >= 11 is 0. The highest BCUT2D eigenvalue weighted by Gasteiger charge is 2.21. The van der Waals surface area contributed by atoms with Gasteiger partial charge in [-0.1, -0.05) is 20.4 Å². The van der Waals surface area contributed by atoms with Gasteiger partial charge < -0.3 is 15.4 Å². The molecule has 6 heteroatoms.